The van der Waals surface area contributed by atoms with E-state index in [2.05, 4.69) is 5.32 Å². The van der Waals surface area contributed by atoms with Gasteiger partial charge < -0.3 is 9.73 Å². The zero-order chi connectivity index (χ0) is 12.3. The molecule has 1 unspecified atom stereocenters. The van der Waals surface area contributed by atoms with Crippen LogP contribution in [-0.2, 0) is 16.4 Å². The van der Waals surface area contributed by atoms with Gasteiger partial charge in [0.05, 0.1) is 12.5 Å². The molecule has 96 valence electrons. The zero-order valence-corrected chi connectivity index (χ0v) is 10.7. The van der Waals surface area contributed by atoms with Crippen LogP contribution in [0.4, 0.5) is 0 Å². The number of sulfonamides is 1. The third-order valence-electron chi connectivity index (χ3n) is 3.01. The Bertz CT molecular complexity index is 441. The number of nitrogens with one attached hydrogen (secondary N) is 1. The van der Waals surface area contributed by atoms with Crippen LogP contribution in [0, 0.1) is 0 Å². The second-order valence-electron chi connectivity index (χ2n) is 4.39. The largest absolute Gasteiger partial charge is 0.469 e. The quantitative estimate of drug-likeness (QED) is 0.851. The van der Waals surface area contributed by atoms with Crippen molar-refractivity contribution in [2.75, 3.05) is 25.9 Å². The fraction of sp³-hybridized carbons (Fsp3) is 0.636. The van der Waals surface area contributed by atoms with Gasteiger partial charge in [-0.05, 0) is 18.6 Å². The highest BCUT2D eigenvalue weighted by molar-refractivity contribution is 7.88. The highest BCUT2D eigenvalue weighted by Gasteiger charge is 2.25. The molecule has 1 fully saturated rings. The van der Waals surface area contributed by atoms with Crippen LogP contribution >= 0.6 is 0 Å². The van der Waals surface area contributed by atoms with E-state index in [4.69, 9.17) is 4.42 Å². The van der Waals surface area contributed by atoms with Gasteiger partial charge in [-0.25, -0.2) is 8.42 Å². The molecule has 0 bridgehead atoms. The van der Waals surface area contributed by atoms with Crippen LogP contribution in [0.2, 0.25) is 0 Å². The van der Waals surface area contributed by atoms with Gasteiger partial charge in [-0.2, -0.15) is 4.31 Å². The van der Waals surface area contributed by atoms with Gasteiger partial charge in [0, 0.05) is 32.1 Å². The molecular weight excluding hydrogens is 240 g/mol. The molecule has 5 nitrogen and oxygen atoms in total. The molecule has 6 heteroatoms. The van der Waals surface area contributed by atoms with Crippen molar-refractivity contribution >= 4 is 10.0 Å². The Balaban J connectivity index is 1.85. The van der Waals surface area contributed by atoms with E-state index >= 15 is 0 Å². The highest BCUT2D eigenvalue weighted by atomic mass is 32.2. The average molecular weight is 258 g/mol. The van der Waals surface area contributed by atoms with Crippen molar-refractivity contribution in [2.24, 2.45) is 0 Å². The maximum absolute atomic E-state index is 11.4. The van der Waals surface area contributed by atoms with Crippen molar-refractivity contribution in [3.63, 3.8) is 0 Å². The first kappa shape index (κ1) is 12.6. The summed E-state index contributed by atoms with van der Waals surface area (Å²) in [5.41, 5.74) is 0. The second kappa shape index (κ2) is 5.20. The van der Waals surface area contributed by atoms with Gasteiger partial charge in [0.25, 0.3) is 0 Å². The summed E-state index contributed by atoms with van der Waals surface area (Å²) < 4.78 is 29.7. The predicted molar refractivity (Wildman–Crippen MR) is 65.2 cm³/mol. The van der Waals surface area contributed by atoms with E-state index in [1.165, 1.54) is 10.6 Å². The number of furan rings is 1. The van der Waals surface area contributed by atoms with Gasteiger partial charge in [0.15, 0.2) is 0 Å². The smallest absolute Gasteiger partial charge is 0.211 e. The third kappa shape index (κ3) is 3.55. The molecule has 1 aromatic rings. The first-order chi connectivity index (χ1) is 8.05. The molecule has 0 amide bonds. The third-order valence-corrected chi connectivity index (χ3v) is 4.28. The Hall–Kier alpha value is -0.850. The minimum Gasteiger partial charge on any atom is -0.469 e. The molecule has 17 heavy (non-hydrogen) atoms. The second-order valence-corrected chi connectivity index (χ2v) is 6.37. The topological polar surface area (TPSA) is 62.6 Å². The number of hydrogen-bond acceptors (Lipinski definition) is 4. The highest BCUT2D eigenvalue weighted by Crippen LogP contribution is 2.11. The van der Waals surface area contributed by atoms with Crippen LogP contribution in [0.5, 0.6) is 0 Å². The number of rotatable bonds is 4. The molecule has 2 heterocycles. The number of nitrogens with zero attached hydrogens (tertiary/aromatic N) is 1. The van der Waals surface area contributed by atoms with Gasteiger partial charge in [0.2, 0.25) is 10.0 Å². The maximum atomic E-state index is 11.4. The lowest BCUT2D eigenvalue weighted by Gasteiger charge is -2.31. The van der Waals surface area contributed by atoms with Gasteiger partial charge in [-0.1, -0.05) is 0 Å². The summed E-state index contributed by atoms with van der Waals surface area (Å²) in [6.45, 7) is 1.84. The van der Waals surface area contributed by atoms with Crippen molar-refractivity contribution in [2.45, 2.75) is 18.9 Å². The molecule has 1 aromatic heterocycles. The lowest BCUT2D eigenvalue weighted by Crippen LogP contribution is -2.52. The lowest BCUT2D eigenvalue weighted by molar-refractivity contribution is 0.287. The first-order valence-corrected chi connectivity index (χ1v) is 7.61. The molecule has 0 aliphatic carbocycles. The molecule has 0 spiro atoms. The Morgan fingerprint density at radius 1 is 1.59 bits per heavy atom. The zero-order valence-electron chi connectivity index (χ0n) is 9.93. The van der Waals surface area contributed by atoms with Crippen LogP contribution in [0.15, 0.2) is 22.8 Å². The van der Waals surface area contributed by atoms with Gasteiger partial charge in [-0.3, -0.25) is 0 Å². The summed E-state index contributed by atoms with van der Waals surface area (Å²) in [6.07, 6.45) is 4.65. The van der Waals surface area contributed by atoms with Crippen molar-refractivity contribution in [3.8, 4) is 0 Å². The normalized spacial score (nSPS) is 22.8. The van der Waals surface area contributed by atoms with Crippen molar-refractivity contribution < 1.29 is 12.8 Å². The molecule has 2 rings (SSSR count). The summed E-state index contributed by atoms with van der Waals surface area (Å²) in [5.74, 6) is 0.947. The van der Waals surface area contributed by atoms with E-state index in [1.807, 2.05) is 12.1 Å². The summed E-state index contributed by atoms with van der Waals surface area (Å²) in [7, 11) is -3.06. The van der Waals surface area contributed by atoms with E-state index in [-0.39, 0.29) is 6.04 Å². The van der Waals surface area contributed by atoms with Gasteiger partial charge in [-0.15, -0.1) is 0 Å². The van der Waals surface area contributed by atoms with E-state index < -0.39 is 10.0 Å². The summed E-state index contributed by atoms with van der Waals surface area (Å²) in [4.78, 5) is 0. The fourth-order valence-electron chi connectivity index (χ4n) is 2.06. The Labute approximate surface area is 102 Å². The molecule has 0 radical (unpaired) electrons. The molecule has 1 atom stereocenters. The predicted octanol–water partition coefficient (Wildman–Crippen LogP) is 0.446. The molecular formula is C11H18N2O3S. The van der Waals surface area contributed by atoms with Crippen LogP contribution in [0.25, 0.3) is 0 Å². The minimum absolute atomic E-state index is 0.212. The SMILES string of the molecule is CS(=O)(=O)N1CCNC(CCc2ccco2)C1. The van der Waals surface area contributed by atoms with Crippen molar-refractivity contribution in [1.29, 1.82) is 0 Å². The van der Waals surface area contributed by atoms with Crippen LogP contribution in [0.1, 0.15) is 12.2 Å². The molecule has 1 N–H and O–H groups in total. The van der Waals surface area contributed by atoms with Crippen molar-refractivity contribution in [1.82, 2.24) is 9.62 Å². The molecule has 0 aromatic carbocycles. The molecule has 1 aliphatic rings. The first-order valence-electron chi connectivity index (χ1n) is 5.76. The number of aryl methyl sites for hydroxylation is 1. The van der Waals surface area contributed by atoms with E-state index in [1.54, 1.807) is 6.26 Å². The molecule has 1 aliphatic heterocycles. The number of hydrogen-bond donors (Lipinski definition) is 1. The fourth-order valence-corrected chi connectivity index (χ4v) is 2.93. The average Bonchev–Trinajstić information content (AvgIpc) is 2.78. The molecule has 0 saturated carbocycles. The van der Waals surface area contributed by atoms with Crippen LogP contribution in [0.3, 0.4) is 0 Å². The standard InChI is InChI=1S/C11H18N2O3S/c1-17(14,15)13-7-6-12-10(9-13)4-5-11-3-2-8-16-11/h2-3,8,10,12H,4-7,9H2,1H3. The maximum Gasteiger partial charge on any atom is 0.211 e. The van der Waals surface area contributed by atoms with Crippen LogP contribution in [-0.4, -0.2) is 44.7 Å². The summed E-state index contributed by atoms with van der Waals surface area (Å²) in [6, 6.07) is 4.02. The Morgan fingerprint density at radius 3 is 3.06 bits per heavy atom. The van der Waals surface area contributed by atoms with E-state index in [0.29, 0.717) is 13.1 Å². The number of piperazine rings is 1. The monoisotopic (exact) mass is 258 g/mol. The van der Waals surface area contributed by atoms with Gasteiger partial charge >= 0.3 is 0 Å². The minimum atomic E-state index is -3.06. The summed E-state index contributed by atoms with van der Waals surface area (Å²) in [5, 5.41) is 3.34. The van der Waals surface area contributed by atoms with Gasteiger partial charge in [0.1, 0.15) is 5.76 Å². The lowest BCUT2D eigenvalue weighted by atomic mass is 10.1. The van der Waals surface area contributed by atoms with E-state index in [0.717, 1.165) is 25.1 Å². The Morgan fingerprint density at radius 2 is 2.41 bits per heavy atom. The van der Waals surface area contributed by atoms with Crippen molar-refractivity contribution in [3.05, 3.63) is 24.2 Å². The summed E-state index contributed by atoms with van der Waals surface area (Å²) >= 11 is 0. The Kier molecular flexibility index (Phi) is 3.86. The van der Waals surface area contributed by atoms with Crippen LogP contribution < -0.4 is 5.32 Å². The molecule has 1 saturated heterocycles. The van der Waals surface area contributed by atoms with E-state index in [9.17, 15) is 8.42 Å².